The molecule has 2 heterocycles. The minimum absolute atomic E-state index is 0.159. The number of likely N-dealkylation sites (tertiary alicyclic amines) is 1. The van der Waals surface area contributed by atoms with Crippen LogP contribution in [0.15, 0.2) is 29.6 Å². The van der Waals surface area contributed by atoms with Crippen molar-refractivity contribution in [3.05, 3.63) is 51.7 Å². The molecule has 0 saturated carbocycles. The first-order valence-corrected chi connectivity index (χ1v) is 8.92. The average molecular weight is 334 g/mol. The smallest absolute Gasteiger partial charge is 0.123 e. The van der Waals surface area contributed by atoms with E-state index in [4.69, 9.17) is 4.74 Å². The number of ether oxygens (including phenoxy) is 1. The third kappa shape index (κ3) is 4.37. The Bertz CT molecular complexity index is 645. The molecule has 3 nitrogen and oxygen atoms in total. The van der Waals surface area contributed by atoms with Gasteiger partial charge >= 0.3 is 0 Å². The van der Waals surface area contributed by atoms with Gasteiger partial charge in [0.15, 0.2) is 0 Å². The number of rotatable bonds is 5. The molecule has 5 heteroatoms. The Labute approximate surface area is 141 Å². The second-order valence-corrected chi connectivity index (χ2v) is 7.31. The minimum atomic E-state index is -0.159. The summed E-state index contributed by atoms with van der Waals surface area (Å²) in [6.07, 6.45) is 2.13. The molecule has 0 radical (unpaired) electrons. The van der Waals surface area contributed by atoms with E-state index in [0.29, 0.717) is 5.92 Å². The summed E-state index contributed by atoms with van der Waals surface area (Å²) in [4.78, 5) is 6.95. The molecule has 1 fully saturated rings. The van der Waals surface area contributed by atoms with Crippen LogP contribution in [0.1, 0.15) is 22.7 Å². The van der Waals surface area contributed by atoms with Crippen molar-refractivity contribution in [1.29, 1.82) is 0 Å². The summed E-state index contributed by atoms with van der Waals surface area (Å²) in [7, 11) is 1.78. The zero-order valence-electron chi connectivity index (χ0n) is 13.7. The molecular formula is C18H23FN2OS. The number of hydrogen-bond donors (Lipinski definition) is 0. The molecule has 0 bridgehead atoms. The van der Waals surface area contributed by atoms with Crippen molar-refractivity contribution >= 4 is 11.3 Å². The van der Waals surface area contributed by atoms with E-state index in [2.05, 4.69) is 15.3 Å². The van der Waals surface area contributed by atoms with E-state index in [1.165, 1.54) is 6.07 Å². The van der Waals surface area contributed by atoms with E-state index >= 15 is 0 Å². The summed E-state index contributed by atoms with van der Waals surface area (Å²) in [6, 6.07) is 6.92. The van der Waals surface area contributed by atoms with Crippen LogP contribution in [0.2, 0.25) is 0 Å². The van der Waals surface area contributed by atoms with Gasteiger partial charge in [-0.3, -0.25) is 4.90 Å². The Morgan fingerprint density at radius 2 is 2.30 bits per heavy atom. The average Bonchev–Trinajstić information content (AvgIpc) is 2.94. The van der Waals surface area contributed by atoms with Crippen LogP contribution < -0.4 is 0 Å². The first-order chi connectivity index (χ1) is 11.1. The van der Waals surface area contributed by atoms with Gasteiger partial charge in [-0.15, -0.1) is 11.3 Å². The highest BCUT2D eigenvalue weighted by atomic mass is 32.1. The first kappa shape index (κ1) is 16.6. The molecule has 1 aromatic carbocycles. The van der Waals surface area contributed by atoms with Gasteiger partial charge in [-0.05, 0) is 49.9 Å². The van der Waals surface area contributed by atoms with Crippen molar-refractivity contribution in [2.45, 2.75) is 32.4 Å². The van der Waals surface area contributed by atoms with Crippen molar-refractivity contribution in [2.24, 2.45) is 5.92 Å². The normalized spacial score (nSPS) is 22.4. The fraction of sp³-hybridized carbons (Fsp3) is 0.500. The summed E-state index contributed by atoms with van der Waals surface area (Å²) in [5.74, 6) is 0.281. The molecule has 0 unspecified atom stereocenters. The van der Waals surface area contributed by atoms with Gasteiger partial charge in [0.1, 0.15) is 5.82 Å². The lowest BCUT2D eigenvalue weighted by atomic mass is 9.87. The zero-order valence-corrected chi connectivity index (χ0v) is 14.5. The Morgan fingerprint density at radius 1 is 1.43 bits per heavy atom. The highest BCUT2D eigenvalue weighted by molar-refractivity contribution is 7.09. The number of halogens is 1. The molecule has 23 heavy (non-hydrogen) atoms. The maximum Gasteiger partial charge on any atom is 0.123 e. The van der Waals surface area contributed by atoms with Crippen molar-refractivity contribution in [3.63, 3.8) is 0 Å². The number of methoxy groups -OCH3 is 1. The lowest BCUT2D eigenvalue weighted by Crippen LogP contribution is -2.45. The van der Waals surface area contributed by atoms with E-state index in [9.17, 15) is 4.39 Å². The van der Waals surface area contributed by atoms with Crippen LogP contribution in [0, 0.1) is 18.7 Å². The highest BCUT2D eigenvalue weighted by Crippen LogP contribution is 2.25. The highest BCUT2D eigenvalue weighted by Gasteiger charge is 2.29. The molecule has 1 aromatic heterocycles. The van der Waals surface area contributed by atoms with Crippen LogP contribution in [0.25, 0.3) is 0 Å². The zero-order chi connectivity index (χ0) is 16.2. The summed E-state index contributed by atoms with van der Waals surface area (Å²) in [6.45, 7) is 4.87. The van der Waals surface area contributed by atoms with Gasteiger partial charge < -0.3 is 4.74 Å². The van der Waals surface area contributed by atoms with Crippen molar-refractivity contribution < 1.29 is 9.13 Å². The predicted molar refractivity (Wildman–Crippen MR) is 91.1 cm³/mol. The molecule has 0 aliphatic carbocycles. The van der Waals surface area contributed by atoms with Crippen LogP contribution in [-0.4, -0.2) is 36.2 Å². The monoisotopic (exact) mass is 334 g/mol. The van der Waals surface area contributed by atoms with Crippen LogP contribution in [0.5, 0.6) is 0 Å². The Kier molecular flexibility index (Phi) is 5.41. The van der Waals surface area contributed by atoms with Crippen LogP contribution in [-0.2, 0) is 17.7 Å². The van der Waals surface area contributed by atoms with Gasteiger partial charge in [0.05, 0.1) is 16.8 Å². The SMILES string of the molecule is CO[C@@H]1CN(Cc2csc(C)n2)CC[C@@H]1Cc1cccc(F)c1. The molecule has 2 aromatic rings. The fourth-order valence-corrected chi connectivity index (χ4v) is 3.95. The number of benzene rings is 1. The standard InChI is InChI=1S/C18H23FN2OS/c1-13-20-17(12-23-13)10-21-7-6-15(18(11-21)22-2)8-14-4-3-5-16(19)9-14/h3-5,9,12,15,18H,6-8,10-11H2,1-2H3/t15-,18-/m1/s1. The predicted octanol–water partition coefficient (Wildman–Crippen LogP) is 3.67. The summed E-state index contributed by atoms with van der Waals surface area (Å²) >= 11 is 1.70. The van der Waals surface area contributed by atoms with Gasteiger partial charge in [0, 0.05) is 25.6 Å². The van der Waals surface area contributed by atoms with Crippen LogP contribution >= 0.6 is 11.3 Å². The molecular weight excluding hydrogens is 311 g/mol. The van der Waals surface area contributed by atoms with Gasteiger partial charge in [-0.1, -0.05) is 12.1 Å². The maximum atomic E-state index is 13.4. The van der Waals surface area contributed by atoms with Gasteiger partial charge in [-0.2, -0.15) is 0 Å². The quantitative estimate of drug-likeness (QED) is 0.834. The minimum Gasteiger partial charge on any atom is -0.380 e. The molecule has 124 valence electrons. The number of thiazole rings is 1. The Morgan fingerprint density at radius 3 is 3.00 bits per heavy atom. The topological polar surface area (TPSA) is 25.4 Å². The lowest BCUT2D eigenvalue weighted by Gasteiger charge is -2.37. The lowest BCUT2D eigenvalue weighted by molar-refractivity contribution is -0.0139. The van der Waals surface area contributed by atoms with E-state index in [1.807, 2.05) is 13.0 Å². The third-order valence-electron chi connectivity index (χ3n) is 4.52. The number of piperidine rings is 1. The number of aryl methyl sites for hydroxylation is 1. The molecule has 3 rings (SSSR count). The van der Waals surface area contributed by atoms with E-state index in [1.54, 1.807) is 30.6 Å². The van der Waals surface area contributed by atoms with E-state index < -0.39 is 0 Å². The first-order valence-electron chi connectivity index (χ1n) is 8.04. The van der Waals surface area contributed by atoms with E-state index in [0.717, 1.165) is 48.7 Å². The summed E-state index contributed by atoms with van der Waals surface area (Å²) < 4.78 is 19.1. The third-order valence-corrected chi connectivity index (χ3v) is 5.34. The molecule has 0 N–H and O–H groups in total. The van der Waals surface area contributed by atoms with Crippen molar-refractivity contribution in [3.8, 4) is 0 Å². The van der Waals surface area contributed by atoms with Crippen molar-refractivity contribution in [2.75, 3.05) is 20.2 Å². The molecule has 1 saturated heterocycles. The fourth-order valence-electron chi connectivity index (χ4n) is 3.35. The van der Waals surface area contributed by atoms with E-state index in [-0.39, 0.29) is 11.9 Å². The number of aromatic nitrogens is 1. The number of nitrogens with zero attached hydrogens (tertiary/aromatic N) is 2. The molecule has 2 atom stereocenters. The summed E-state index contributed by atoms with van der Waals surface area (Å²) in [5, 5.41) is 3.25. The molecule has 1 aliphatic rings. The number of hydrogen-bond acceptors (Lipinski definition) is 4. The second kappa shape index (κ2) is 7.51. The summed E-state index contributed by atoms with van der Waals surface area (Å²) in [5.41, 5.74) is 2.20. The second-order valence-electron chi connectivity index (χ2n) is 6.25. The van der Waals surface area contributed by atoms with Crippen molar-refractivity contribution in [1.82, 2.24) is 9.88 Å². The molecule has 0 amide bonds. The maximum absolute atomic E-state index is 13.4. The largest absolute Gasteiger partial charge is 0.380 e. The molecule has 0 spiro atoms. The Balaban J connectivity index is 1.60. The van der Waals surface area contributed by atoms with Crippen LogP contribution in [0.4, 0.5) is 4.39 Å². The van der Waals surface area contributed by atoms with Crippen LogP contribution in [0.3, 0.4) is 0 Å². The Hall–Kier alpha value is -1.30. The molecule has 1 aliphatic heterocycles. The van der Waals surface area contributed by atoms with Gasteiger partial charge in [0.25, 0.3) is 0 Å². The van der Waals surface area contributed by atoms with Gasteiger partial charge in [-0.25, -0.2) is 9.37 Å². The van der Waals surface area contributed by atoms with Gasteiger partial charge in [0.2, 0.25) is 0 Å².